The molecule has 0 unspecified atom stereocenters. The van der Waals surface area contributed by atoms with Crippen LogP contribution in [0, 0.1) is 10.1 Å². The van der Waals surface area contributed by atoms with Crippen molar-refractivity contribution < 1.29 is 4.92 Å². The fraction of sp³-hybridized carbons (Fsp3) is 0. The Bertz CT molecular complexity index is 518. The van der Waals surface area contributed by atoms with Gasteiger partial charge in [0.2, 0.25) is 0 Å². The second-order valence-electron chi connectivity index (χ2n) is 2.63. The van der Waals surface area contributed by atoms with Gasteiger partial charge in [-0.1, -0.05) is 0 Å². The number of halogens is 1. The summed E-state index contributed by atoms with van der Waals surface area (Å²) in [6, 6.07) is 1.39. The maximum atomic E-state index is 10.8. The summed E-state index contributed by atoms with van der Waals surface area (Å²) in [4.78, 5) is 18.1. The van der Waals surface area contributed by atoms with Crippen molar-refractivity contribution in [2.75, 3.05) is 0 Å². The predicted octanol–water partition coefficient (Wildman–Crippen LogP) is 2.02. The fourth-order valence-corrected chi connectivity index (χ4v) is 2.00. The van der Waals surface area contributed by atoms with Gasteiger partial charge in [0.05, 0.1) is 4.92 Å². The van der Waals surface area contributed by atoms with Gasteiger partial charge in [-0.15, -0.1) is 0 Å². The molecule has 2 aromatic heterocycles. The number of H-pyrrole nitrogens is 1. The molecule has 16 heavy (non-hydrogen) atoms. The molecular formula is C7H4BrN5O2S. The van der Waals surface area contributed by atoms with Gasteiger partial charge in [0, 0.05) is 16.7 Å². The minimum atomic E-state index is -0.490. The van der Waals surface area contributed by atoms with E-state index in [1.165, 1.54) is 18.6 Å². The van der Waals surface area contributed by atoms with Gasteiger partial charge in [0.15, 0.2) is 10.2 Å². The molecule has 0 aliphatic rings. The van der Waals surface area contributed by atoms with E-state index in [9.17, 15) is 10.1 Å². The Morgan fingerprint density at radius 3 is 2.94 bits per heavy atom. The van der Waals surface area contributed by atoms with E-state index in [1.807, 2.05) is 0 Å². The number of pyridine rings is 1. The standard InChI is InChI=1S/C7H4BrN5O2S/c8-4-1-5(13(14)15)6(9-2-4)16-7-10-3-11-12-7/h1-3H,(H,10,11,12). The van der Waals surface area contributed by atoms with Gasteiger partial charge >= 0.3 is 5.69 Å². The first-order valence-corrected chi connectivity index (χ1v) is 5.61. The van der Waals surface area contributed by atoms with E-state index >= 15 is 0 Å². The Labute approximate surface area is 102 Å². The molecule has 0 aliphatic carbocycles. The van der Waals surface area contributed by atoms with Crippen LogP contribution in [0.4, 0.5) is 5.69 Å². The fourth-order valence-electron chi connectivity index (χ4n) is 0.960. The predicted molar refractivity (Wildman–Crippen MR) is 59.1 cm³/mol. The average molecular weight is 302 g/mol. The van der Waals surface area contributed by atoms with Crippen molar-refractivity contribution in [3.63, 3.8) is 0 Å². The summed E-state index contributed by atoms with van der Waals surface area (Å²) in [5.41, 5.74) is -0.0734. The summed E-state index contributed by atoms with van der Waals surface area (Å²) < 4.78 is 0.557. The lowest BCUT2D eigenvalue weighted by Crippen LogP contribution is -1.93. The van der Waals surface area contributed by atoms with Crippen LogP contribution < -0.4 is 0 Å². The topological polar surface area (TPSA) is 97.6 Å². The molecule has 0 bridgehead atoms. The Morgan fingerprint density at radius 2 is 2.31 bits per heavy atom. The maximum Gasteiger partial charge on any atom is 0.302 e. The van der Waals surface area contributed by atoms with Crippen LogP contribution in [-0.2, 0) is 0 Å². The molecule has 0 saturated heterocycles. The van der Waals surface area contributed by atoms with Gasteiger partial charge in [-0.25, -0.2) is 9.97 Å². The highest BCUT2D eigenvalue weighted by Gasteiger charge is 2.17. The van der Waals surface area contributed by atoms with Crippen LogP contribution >= 0.6 is 27.7 Å². The number of rotatable bonds is 3. The number of aromatic amines is 1. The van der Waals surface area contributed by atoms with Crippen molar-refractivity contribution in [2.24, 2.45) is 0 Å². The van der Waals surface area contributed by atoms with Gasteiger partial charge in [0.1, 0.15) is 6.33 Å². The molecule has 0 saturated carbocycles. The largest absolute Gasteiger partial charge is 0.302 e. The third kappa shape index (κ3) is 2.36. The summed E-state index contributed by atoms with van der Waals surface area (Å²) in [7, 11) is 0. The second-order valence-corrected chi connectivity index (χ2v) is 4.52. The number of aromatic nitrogens is 4. The van der Waals surface area contributed by atoms with Crippen LogP contribution in [0.15, 0.2) is 33.2 Å². The highest BCUT2D eigenvalue weighted by Crippen LogP contribution is 2.32. The van der Waals surface area contributed by atoms with Crippen LogP contribution in [0.5, 0.6) is 0 Å². The molecule has 1 N–H and O–H groups in total. The first-order valence-electron chi connectivity index (χ1n) is 4.00. The maximum absolute atomic E-state index is 10.8. The number of hydrogen-bond donors (Lipinski definition) is 1. The van der Waals surface area contributed by atoms with Crippen molar-refractivity contribution in [1.82, 2.24) is 20.2 Å². The molecule has 2 heterocycles. The molecule has 0 radical (unpaired) electrons. The SMILES string of the molecule is O=[N+]([O-])c1cc(Br)cnc1Sc1ncn[nH]1. The van der Waals surface area contributed by atoms with E-state index in [-0.39, 0.29) is 10.7 Å². The molecular weight excluding hydrogens is 298 g/mol. The summed E-state index contributed by atoms with van der Waals surface area (Å²) in [6.07, 6.45) is 2.82. The smallest absolute Gasteiger partial charge is 0.258 e. The van der Waals surface area contributed by atoms with Crippen LogP contribution in [0.2, 0.25) is 0 Å². The zero-order chi connectivity index (χ0) is 11.5. The highest BCUT2D eigenvalue weighted by atomic mass is 79.9. The Hall–Kier alpha value is -1.48. The lowest BCUT2D eigenvalue weighted by Gasteiger charge is -1.99. The van der Waals surface area contributed by atoms with Crippen LogP contribution in [-0.4, -0.2) is 25.1 Å². The van der Waals surface area contributed by atoms with Crippen molar-refractivity contribution in [1.29, 1.82) is 0 Å². The van der Waals surface area contributed by atoms with Crippen LogP contribution in [0.1, 0.15) is 0 Å². The molecule has 0 aliphatic heterocycles. The zero-order valence-corrected chi connectivity index (χ0v) is 10.0. The van der Waals surface area contributed by atoms with Crippen molar-refractivity contribution in [2.45, 2.75) is 10.2 Å². The van der Waals surface area contributed by atoms with Crippen molar-refractivity contribution in [3.8, 4) is 0 Å². The van der Waals surface area contributed by atoms with Gasteiger partial charge in [0.25, 0.3) is 0 Å². The zero-order valence-electron chi connectivity index (χ0n) is 7.62. The van der Waals surface area contributed by atoms with Crippen molar-refractivity contribution in [3.05, 3.63) is 33.2 Å². The molecule has 7 nitrogen and oxygen atoms in total. The highest BCUT2D eigenvalue weighted by molar-refractivity contribution is 9.10. The average Bonchev–Trinajstić information content (AvgIpc) is 2.73. The van der Waals surface area contributed by atoms with E-state index in [0.29, 0.717) is 9.63 Å². The molecule has 2 rings (SSSR count). The summed E-state index contributed by atoms with van der Waals surface area (Å²) in [6.45, 7) is 0. The van der Waals surface area contributed by atoms with Crippen molar-refractivity contribution >= 4 is 33.4 Å². The molecule has 0 amide bonds. The monoisotopic (exact) mass is 301 g/mol. The first-order chi connectivity index (χ1) is 7.66. The van der Waals surface area contributed by atoms with Gasteiger partial charge in [-0.2, -0.15) is 5.10 Å². The Kier molecular flexibility index (Phi) is 3.15. The van der Waals surface area contributed by atoms with E-state index in [2.05, 4.69) is 36.1 Å². The lowest BCUT2D eigenvalue weighted by molar-refractivity contribution is -0.388. The first kappa shape index (κ1) is 11.0. The Balaban J connectivity index is 2.36. The number of nitrogens with one attached hydrogen (secondary N) is 1. The van der Waals surface area contributed by atoms with E-state index in [4.69, 9.17) is 0 Å². The molecule has 2 aromatic rings. The molecule has 0 atom stereocenters. The quantitative estimate of drug-likeness (QED) is 0.688. The van der Waals surface area contributed by atoms with Crippen LogP contribution in [0.3, 0.4) is 0 Å². The molecule has 9 heteroatoms. The summed E-state index contributed by atoms with van der Waals surface area (Å²) in [5.74, 6) is 0. The molecule has 82 valence electrons. The lowest BCUT2D eigenvalue weighted by atomic mass is 10.4. The van der Waals surface area contributed by atoms with Gasteiger partial charge in [-0.3, -0.25) is 15.2 Å². The van der Waals surface area contributed by atoms with E-state index < -0.39 is 4.92 Å². The molecule has 0 fully saturated rings. The Morgan fingerprint density at radius 1 is 1.50 bits per heavy atom. The summed E-state index contributed by atoms with van der Waals surface area (Å²) >= 11 is 4.19. The van der Waals surface area contributed by atoms with Gasteiger partial charge < -0.3 is 0 Å². The van der Waals surface area contributed by atoms with E-state index in [1.54, 1.807) is 0 Å². The van der Waals surface area contributed by atoms with Crippen LogP contribution in [0.25, 0.3) is 0 Å². The number of nitrogens with zero attached hydrogens (tertiary/aromatic N) is 4. The normalized spacial score (nSPS) is 10.3. The number of hydrogen-bond acceptors (Lipinski definition) is 6. The summed E-state index contributed by atoms with van der Waals surface area (Å²) in [5, 5.41) is 17.8. The minimum Gasteiger partial charge on any atom is -0.258 e. The second kappa shape index (κ2) is 4.58. The van der Waals surface area contributed by atoms with Gasteiger partial charge in [-0.05, 0) is 27.7 Å². The minimum absolute atomic E-state index is 0.0734. The third-order valence-corrected chi connectivity index (χ3v) is 2.91. The molecule has 0 spiro atoms. The molecule has 0 aromatic carbocycles. The third-order valence-electron chi connectivity index (χ3n) is 1.58. The van der Waals surface area contributed by atoms with E-state index in [0.717, 1.165) is 11.8 Å². The number of nitro groups is 1.